The van der Waals surface area contributed by atoms with Crippen molar-refractivity contribution in [3.05, 3.63) is 23.6 Å². The summed E-state index contributed by atoms with van der Waals surface area (Å²) in [5, 5.41) is 8.40. The predicted molar refractivity (Wildman–Crippen MR) is 110 cm³/mol. The number of hydrogen-bond acceptors (Lipinski definition) is 6. The molecular formula is C21H28FN5O3. The van der Waals surface area contributed by atoms with Gasteiger partial charge in [0.2, 0.25) is 5.91 Å². The Bertz CT molecular complexity index is 876. The zero-order chi connectivity index (χ0) is 21.4. The number of anilines is 1. The van der Waals surface area contributed by atoms with Crippen LogP contribution in [0.25, 0.3) is 0 Å². The number of hydrogen-bond donors (Lipinski definition) is 1. The molecule has 0 spiro atoms. The number of halogens is 1. The van der Waals surface area contributed by atoms with Crippen LogP contribution in [0.5, 0.6) is 0 Å². The molecule has 9 heteroatoms. The van der Waals surface area contributed by atoms with Crippen LogP contribution in [0, 0.1) is 24.6 Å². The van der Waals surface area contributed by atoms with Crippen LogP contribution in [0.4, 0.5) is 10.2 Å². The molecular weight excluding hydrogens is 389 g/mol. The van der Waals surface area contributed by atoms with E-state index in [4.69, 9.17) is 4.74 Å². The molecule has 0 bridgehead atoms. The summed E-state index contributed by atoms with van der Waals surface area (Å²) in [6.45, 7) is 3.19. The molecule has 1 aromatic rings. The van der Waals surface area contributed by atoms with Crippen molar-refractivity contribution >= 4 is 23.3 Å². The highest BCUT2D eigenvalue weighted by Gasteiger charge is 2.44. The minimum Gasteiger partial charge on any atom is -0.379 e. The average Bonchev–Trinajstić information content (AvgIpc) is 3.13. The van der Waals surface area contributed by atoms with E-state index in [1.54, 1.807) is 33.3 Å². The largest absolute Gasteiger partial charge is 0.379 e. The molecule has 1 saturated carbocycles. The first-order chi connectivity index (χ1) is 14.4. The predicted octanol–water partition coefficient (Wildman–Crippen LogP) is 1.48. The third-order valence-corrected chi connectivity index (χ3v) is 6.57. The number of carbonyl (C=O) groups is 2. The lowest BCUT2D eigenvalue weighted by atomic mass is 9.77. The van der Waals surface area contributed by atoms with Crippen molar-refractivity contribution in [1.29, 1.82) is 0 Å². The van der Waals surface area contributed by atoms with Gasteiger partial charge in [-0.2, -0.15) is 5.10 Å². The van der Waals surface area contributed by atoms with Crippen molar-refractivity contribution in [3.8, 4) is 0 Å². The molecule has 1 saturated heterocycles. The molecule has 2 fully saturated rings. The van der Waals surface area contributed by atoms with Gasteiger partial charge in [-0.25, -0.2) is 14.4 Å². The Morgan fingerprint density at radius 2 is 2.00 bits per heavy atom. The Balaban J connectivity index is 1.45. The molecule has 30 heavy (non-hydrogen) atoms. The van der Waals surface area contributed by atoms with Gasteiger partial charge in [0.1, 0.15) is 5.71 Å². The van der Waals surface area contributed by atoms with Crippen LogP contribution in [0.1, 0.15) is 31.2 Å². The van der Waals surface area contributed by atoms with E-state index >= 15 is 0 Å². The highest BCUT2D eigenvalue weighted by Crippen LogP contribution is 2.39. The first-order valence-electron chi connectivity index (χ1n) is 10.4. The molecule has 2 aliphatic heterocycles. The van der Waals surface area contributed by atoms with Crippen LogP contribution in [-0.4, -0.2) is 66.9 Å². The maximum absolute atomic E-state index is 14.6. The van der Waals surface area contributed by atoms with Gasteiger partial charge in [0, 0.05) is 46.3 Å². The zero-order valence-corrected chi connectivity index (χ0v) is 17.6. The van der Waals surface area contributed by atoms with Crippen molar-refractivity contribution in [2.24, 2.45) is 16.9 Å². The van der Waals surface area contributed by atoms with Crippen molar-refractivity contribution in [2.75, 3.05) is 32.1 Å². The average molecular weight is 417 g/mol. The highest BCUT2D eigenvalue weighted by atomic mass is 19.1. The summed E-state index contributed by atoms with van der Waals surface area (Å²) in [4.78, 5) is 30.6. The fraction of sp³-hybridized carbons (Fsp3) is 0.619. The van der Waals surface area contributed by atoms with Crippen LogP contribution in [0.2, 0.25) is 0 Å². The Labute approximate surface area is 175 Å². The molecule has 2 amide bonds. The second-order valence-corrected chi connectivity index (χ2v) is 8.48. The SMILES string of the molecule is CO[C@H]1C[C@@H]2CN(c3nccc(C)c3F)C[C@@H]2C[C@@H]1NC(=O)C1=NN(C)C(=O)CC1. The van der Waals surface area contributed by atoms with Gasteiger partial charge in [0.15, 0.2) is 11.6 Å². The van der Waals surface area contributed by atoms with E-state index < -0.39 is 0 Å². The smallest absolute Gasteiger partial charge is 0.267 e. The van der Waals surface area contributed by atoms with Gasteiger partial charge >= 0.3 is 0 Å². The van der Waals surface area contributed by atoms with Crippen LogP contribution >= 0.6 is 0 Å². The monoisotopic (exact) mass is 417 g/mol. The molecule has 0 unspecified atom stereocenters. The first-order valence-corrected chi connectivity index (χ1v) is 10.4. The molecule has 3 heterocycles. The third-order valence-electron chi connectivity index (χ3n) is 6.57. The van der Waals surface area contributed by atoms with Gasteiger partial charge in [-0.15, -0.1) is 0 Å². The molecule has 4 atom stereocenters. The second kappa shape index (κ2) is 8.29. The van der Waals surface area contributed by atoms with Gasteiger partial charge in [-0.1, -0.05) is 0 Å². The molecule has 4 rings (SSSR count). The number of methoxy groups -OCH3 is 1. The second-order valence-electron chi connectivity index (χ2n) is 8.48. The molecule has 8 nitrogen and oxygen atoms in total. The fourth-order valence-corrected chi connectivity index (χ4v) is 4.83. The van der Waals surface area contributed by atoms with E-state index in [1.165, 1.54) is 5.01 Å². The van der Waals surface area contributed by atoms with Gasteiger partial charge < -0.3 is 15.0 Å². The number of aromatic nitrogens is 1. The van der Waals surface area contributed by atoms with E-state index in [2.05, 4.69) is 15.4 Å². The van der Waals surface area contributed by atoms with Gasteiger partial charge in [0.05, 0.1) is 12.1 Å². The normalized spacial score (nSPS) is 28.9. The van der Waals surface area contributed by atoms with Crippen molar-refractivity contribution in [2.45, 2.75) is 44.8 Å². The number of nitrogens with zero attached hydrogens (tertiary/aromatic N) is 4. The summed E-state index contributed by atoms with van der Waals surface area (Å²) in [7, 11) is 3.22. The molecule has 3 aliphatic rings. The number of amides is 2. The van der Waals surface area contributed by atoms with Crippen LogP contribution in [-0.2, 0) is 14.3 Å². The minimum atomic E-state index is -0.265. The van der Waals surface area contributed by atoms with E-state index in [0.29, 0.717) is 41.9 Å². The third kappa shape index (κ3) is 3.90. The number of ether oxygens (including phenoxy) is 1. The van der Waals surface area contributed by atoms with Crippen LogP contribution < -0.4 is 10.2 Å². The zero-order valence-electron chi connectivity index (χ0n) is 17.6. The van der Waals surface area contributed by atoms with Crippen molar-refractivity contribution in [3.63, 3.8) is 0 Å². The maximum atomic E-state index is 14.6. The molecule has 1 aliphatic carbocycles. The van der Waals surface area contributed by atoms with Crippen LogP contribution in [0.15, 0.2) is 17.4 Å². The molecule has 1 aromatic heterocycles. The summed E-state index contributed by atoms with van der Waals surface area (Å²) >= 11 is 0. The van der Waals surface area contributed by atoms with E-state index in [9.17, 15) is 14.0 Å². The van der Waals surface area contributed by atoms with E-state index in [1.807, 2.05) is 4.90 Å². The highest BCUT2D eigenvalue weighted by molar-refractivity contribution is 6.39. The van der Waals surface area contributed by atoms with Crippen molar-refractivity contribution in [1.82, 2.24) is 15.3 Å². The summed E-state index contributed by atoms with van der Waals surface area (Å²) < 4.78 is 20.3. The number of aryl methyl sites for hydroxylation is 1. The summed E-state index contributed by atoms with van der Waals surface area (Å²) in [6, 6.07) is 1.53. The topological polar surface area (TPSA) is 87.1 Å². The van der Waals surface area contributed by atoms with E-state index in [0.717, 1.165) is 19.4 Å². The number of pyridine rings is 1. The van der Waals surface area contributed by atoms with Crippen molar-refractivity contribution < 1.29 is 18.7 Å². The lowest BCUT2D eigenvalue weighted by molar-refractivity contribution is -0.130. The maximum Gasteiger partial charge on any atom is 0.267 e. The lowest BCUT2D eigenvalue weighted by Crippen LogP contribution is -2.52. The number of rotatable bonds is 4. The number of nitrogens with one attached hydrogen (secondary N) is 1. The number of hydrazone groups is 1. The van der Waals surface area contributed by atoms with Crippen LogP contribution in [0.3, 0.4) is 0 Å². The lowest BCUT2D eigenvalue weighted by Gasteiger charge is -2.37. The molecule has 1 N–H and O–H groups in total. The Kier molecular flexibility index (Phi) is 5.73. The Hall–Kier alpha value is -2.55. The van der Waals surface area contributed by atoms with Gasteiger partial charge in [0.25, 0.3) is 5.91 Å². The standard InChI is InChI=1S/C21H28FN5O3/c1-12-6-7-23-20(19(12)22)27-10-13-8-16(17(30-3)9-14(13)11-27)24-21(29)15-4-5-18(28)26(2)25-15/h6-7,13-14,16-17H,4-5,8-11H2,1-3H3,(H,24,29)/t13-,14+,16-,17-/m0/s1. The fourth-order valence-electron chi connectivity index (χ4n) is 4.83. The number of fused-ring (bicyclic) bond motifs is 1. The van der Waals surface area contributed by atoms with Gasteiger partial charge in [-0.3, -0.25) is 9.59 Å². The van der Waals surface area contributed by atoms with E-state index in [-0.39, 0.29) is 36.2 Å². The summed E-state index contributed by atoms with van der Waals surface area (Å²) in [5.74, 6) is 0.481. The quantitative estimate of drug-likeness (QED) is 0.802. The number of carbonyl (C=O) groups excluding carboxylic acids is 2. The first kappa shape index (κ1) is 20.7. The van der Waals surface area contributed by atoms with Gasteiger partial charge in [-0.05, 0) is 43.2 Å². The molecule has 0 aromatic carbocycles. The summed E-state index contributed by atoms with van der Waals surface area (Å²) in [6.07, 6.45) is 3.70. The Morgan fingerprint density at radius 1 is 1.27 bits per heavy atom. The molecule has 0 radical (unpaired) electrons. The summed E-state index contributed by atoms with van der Waals surface area (Å²) in [5.41, 5.74) is 0.958. The minimum absolute atomic E-state index is 0.0927. The Morgan fingerprint density at radius 3 is 2.70 bits per heavy atom. The molecule has 162 valence electrons.